The molecule has 0 amide bonds. The number of pyridine rings is 1. The largest absolute Gasteiger partial charge is 0.465 e. The third-order valence-electron chi connectivity index (χ3n) is 3.51. The number of esters is 1. The van der Waals surface area contributed by atoms with E-state index >= 15 is 0 Å². The summed E-state index contributed by atoms with van der Waals surface area (Å²) in [4.78, 5) is 18.0. The number of rotatable bonds is 2. The van der Waals surface area contributed by atoms with Crippen molar-refractivity contribution in [2.45, 2.75) is 6.42 Å². The molecule has 0 bridgehead atoms. The number of ether oxygens (including phenoxy) is 1. The van der Waals surface area contributed by atoms with Gasteiger partial charge < -0.3 is 15.4 Å². The van der Waals surface area contributed by atoms with Crippen molar-refractivity contribution in [3.05, 3.63) is 47.8 Å². The number of benzene rings is 1. The molecule has 0 saturated carbocycles. The summed E-state index contributed by atoms with van der Waals surface area (Å²) < 4.78 is 4.77. The minimum absolute atomic E-state index is 0.405. The van der Waals surface area contributed by atoms with E-state index in [-0.39, 0.29) is 0 Å². The molecule has 3 rings (SSSR count). The number of nitrogens with two attached hydrogens (primary N) is 1. The van der Waals surface area contributed by atoms with Crippen LogP contribution in [0, 0.1) is 0 Å². The Kier molecular flexibility index (Phi) is 3.02. The minimum atomic E-state index is -0.414. The highest BCUT2D eigenvalue weighted by Gasteiger charge is 2.24. The second-order valence-electron chi connectivity index (χ2n) is 4.67. The molecule has 0 spiro atoms. The maximum Gasteiger partial charge on any atom is 0.340 e. The molecule has 0 atom stereocenters. The van der Waals surface area contributed by atoms with E-state index in [2.05, 4.69) is 9.88 Å². The van der Waals surface area contributed by atoms with Crippen molar-refractivity contribution in [2.75, 3.05) is 24.3 Å². The van der Waals surface area contributed by atoms with Gasteiger partial charge in [-0.05, 0) is 36.2 Å². The predicted molar refractivity (Wildman–Crippen MR) is 77.1 cm³/mol. The van der Waals surface area contributed by atoms with Gasteiger partial charge in [0.2, 0.25) is 0 Å². The molecule has 20 heavy (non-hydrogen) atoms. The third-order valence-corrected chi connectivity index (χ3v) is 3.51. The van der Waals surface area contributed by atoms with Crippen LogP contribution in [-0.4, -0.2) is 24.6 Å². The zero-order valence-corrected chi connectivity index (χ0v) is 11.2. The van der Waals surface area contributed by atoms with Crippen LogP contribution < -0.4 is 10.6 Å². The highest BCUT2D eigenvalue weighted by molar-refractivity contribution is 5.97. The maximum absolute atomic E-state index is 11.7. The van der Waals surface area contributed by atoms with Crippen molar-refractivity contribution in [3.63, 3.8) is 0 Å². The van der Waals surface area contributed by atoms with Gasteiger partial charge in [0, 0.05) is 24.1 Å². The number of nitrogens with zero attached hydrogens (tertiary/aromatic N) is 2. The molecule has 0 fully saturated rings. The molecule has 0 aliphatic carbocycles. The molecule has 5 nitrogen and oxygen atoms in total. The molecular formula is C15H15N3O2. The second-order valence-corrected chi connectivity index (χ2v) is 4.67. The summed E-state index contributed by atoms with van der Waals surface area (Å²) >= 11 is 0. The van der Waals surface area contributed by atoms with Crippen molar-refractivity contribution in [1.82, 2.24) is 4.98 Å². The predicted octanol–water partition coefficient (Wildman–Crippen LogP) is 2.14. The lowest BCUT2D eigenvalue weighted by Crippen LogP contribution is -2.14. The topological polar surface area (TPSA) is 68.5 Å². The van der Waals surface area contributed by atoms with Gasteiger partial charge in [-0.2, -0.15) is 0 Å². The first-order valence-corrected chi connectivity index (χ1v) is 6.39. The van der Waals surface area contributed by atoms with Crippen LogP contribution in [0.25, 0.3) is 0 Å². The number of methoxy groups -OCH3 is 1. The minimum Gasteiger partial charge on any atom is -0.465 e. The molecule has 1 aliphatic heterocycles. The molecule has 0 saturated heterocycles. The number of aromatic nitrogens is 1. The molecule has 1 aliphatic rings. The summed E-state index contributed by atoms with van der Waals surface area (Å²) in [6.45, 7) is 0.852. The van der Waals surface area contributed by atoms with Gasteiger partial charge >= 0.3 is 5.97 Å². The van der Waals surface area contributed by atoms with Crippen LogP contribution in [0.3, 0.4) is 0 Å². The summed E-state index contributed by atoms with van der Waals surface area (Å²) in [6.07, 6.45) is 4.45. The molecule has 5 heteroatoms. The van der Waals surface area contributed by atoms with Crippen molar-refractivity contribution >= 4 is 23.0 Å². The Balaban J connectivity index is 2.07. The Labute approximate surface area is 117 Å². The average Bonchev–Trinajstić information content (AvgIpc) is 2.89. The van der Waals surface area contributed by atoms with Crippen LogP contribution in [0.5, 0.6) is 0 Å². The number of anilines is 3. The normalized spacial score (nSPS) is 13.2. The van der Waals surface area contributed by atoms with E-state index in [1.54, 1.807) is 12.3 Å². The first-order chi connectivity index (χ1) is 9.70. The average molecular weight is 269 g/mol. The number of hydrogen-bond acceptors (Lipinski definition) is 5. The number of fused-ring (bicyclic) bond motifs is 1. The van der Waals surface area contributed by atoms with Gasteiger partial charge in [0.1, 0.15) is 0 Å². The fraction of sp³-hybridized carbons (Fsp3) is 0.200. The van der Waals surface area contributed by atoms with Gasteiger partial charge in [-0.15, -0.1) is 0 Å². The van der Waals surface area contributed by atoms with E-state index in [1.165, 1.54) is 7.11 Å². The number of nitrogen functional groups attached to an aromatic ring is 1. The van der Waals surface area contributed by atoms with Crippen molar-refractivity contribution in [3.8, 4) is 0 Å². The first kappa shape index (κ1) is 12.5. The fourth-order valence-electron chi connectivity index (χ4n) is 2.52. The molecule has 0 unspecified atom stereocenters. The quantitative estimate of drug-likeness (QED) is 0.668. The zero-order valence-electron chi connectivity index (χ0n) is 11.2. The molecule has 2 N–H and O–H groups in total. The Morgan fingerprint density at radius 3 is 3.00 bits per heavy atom. The third kappa shape index (κ3) is 1.97. The standard InChI is InChI=1S/C15H15N3O2/c1-20-15(19)12-8-14-10(7-13(12)16)4-6-18(14)11-3-2-5-17-9-11/h2-3,5,7-9H,4,6,16H2,1H3. The van der Waals surface area contributed by atoms with Crippen LogP contribution in [-0.2, 0) is 11.2 Å². The number of hydrogen-bond donors (Lipinski definition) is 1. The Hall–Kier alpha value is -2.56. The van der Waals surface area contributed by atoms with Crippen LogP contribution in [0.1, 0.15) is 15.9 Å². The van der Waals surface area contributed by atoms with Crippen LogP contribution in [0.4, 0.5) is 17.1 Å². The van der Waals surface area contributed by atoms with E-state index in [1.807, 2.05) is 24.4 Å². The molecule has 0 radical (unpaired) electrons. The fourth-order valence-corrected chi connectivity index (χ4v) is 2.52. The highest BCUT2D eigenvalue weighted by Crippen LogP contribution is 2.36. The summed E-state index contributed by atoms with van der Waals surface area (Å²) in [7, 11) is 1.36. The van der Waals surface area contributed by atoms with Gasteiger partial charge in [0.05, 0.1) is 24.6 Å². The smallest absolute Gasteiger partial charge is 0.340 e. The van der Waals surface area contributed by atoms with Gasteiger partial charge in [-0.25, -0.2) is 4.79 Å². The molecular weight excluding hydrogens is 254 g/mol. The Bertz CT molecular complexity index is 656. The van der Waals surface area contributed by atoms with E-state index in [4.69, 9.17) is 10.5 Å². The van der Waals surface area contributed by atoms with E-state index in [0.717, 1.165) is 29.9 Å². The first-order valence-electron chi connectivity index (χ1n) is 6.39. The van der Waals surface area contributed by atoms with Crippen LogP contribution in [0.15, 0.2) is 36.7 Å². The second kappa shape index (κ2) is 4.85. The maximum atomic E-state index is 11.7. The summed E-state index contributed by atoms with van der Waals surface area (Å²) in [5, 5.41) is 0. The SMILES string of the molecule is COC(=O)c1cc2c(cc1N)CCN2c1cccnc1. The van der Waals surface area contributed by atoms with E-state index in [9.17, 15) is 4.79 Å². The Morgan fingerprint density at radius 1 is 1.45 bits per heavy atom. The molecule has 102 valence electrons. The zero-order chi connectivity index (χ0) is 14.1. The lowest BCUT2D eigenvalue weighted by Gasteiger charge is -2.19. The van der Waals surface area contributed by atoms with Gasteiger partial charge in [-0.3, -0.25) is 4.98 Å². The molecule has 1 aromatic heterocycles. The van der Waals surface area contributed by atoms with Crippen LogP contribution >= 0.6 is 0 Å². The summed E-state index contributed by atoms with van der Waals surface area (Å²) in [5.74, 6) is -0.414. The van der Waals surface area contributed by atoms with Gasteiger partial charge in [-0.1, -0.05) is 0 Å². The number of carbonyl (C=O) groups is 1. The monoisotopic (exact) mass is 269 g/mol. The highest BCUT2D eigenvalue weighted by atomic mass is 16.5. The summed E-state index contributed by atoms with van der Waals surface area (Å²) in [6, 6.07) is 7.55. The van der Waals surface area contributed by atoms with E-state index < -0.39 is 5.97 Å². The molecule has 2 aromatic rings. The van der Waals surface area contributed by atoms with Crippen molar-refractivity contribution in [2.24, 2.45) is 0 Å². The lowest BCUT2D eigenvalue weighted by molar-refractivity contribution is 0.0602. The number of carbonyl (C=O) groups excluding carboxylic acids is 1. The van der Waals surface area contributed by atoms with Gasteiger partial charge in [0.25, 0.3) is 0 Å². The Morgan fingerprint density at radius 2 is 2.30 bits per heavy atom. The van der Waals surface area contributed by atoms with Crippen molar-refractivity contribution in [1.29, 1.82) is 0 Å². The van der Waals surface area contributed by atoms with Gasteiger partial charge in [0.15, 0.2) is 0 Å². The lowest BCUT2D eigenvalue weighted by atomic mass is 10.1. The van der Waals surface area contributed by atoms with Crippen LogP contribution in [0.2, 0.25) is 0 Å². The van der Waals surface area contributed by atoms with Crippen molar-refractivity contribution < 1.29 is 9.53 Å². The molecule has 2 heterocycles. The molecule has 1 aromatic carbocycles. The summed E-state index contributed by atoms with van der Waals surface area (Å²) in [5.41, 5.74) is 9.93. The van der Waals surface area contributed by atoms with E-state index in [0.29, 0.717) is 11.3 Å².